The number of fused-ring (bicyclic) bond motifs is 5. The molecule has 0 spiro atoms. The molecule has 0 aliphatic heterocycles. The van der Waals surface area contributed by atoms with Gasteiger partial charge in [0.1, 0.15) is 6.10 Å². The normalized spacial score (nSPS) is 42.5. The number of esters is 1. The second-order valence-electron chi connectivity index (χ2n) is 13.6. The summed E-state index contributed by atoms with van der Waals surface area (Å²) >= 11 is 0. The fourth-order valence-electron chi connectivity index (χ4n) is 9.26. The summed E-state index contributed by atoms with van der Waals surface area (Å²) in [5.74, 6) is 3.73. The Morgan fingerprint density at radius 3 is 2.57 bits per heavy atom. The molecule has 0 aromatic rings. The van der Waals surface area contributed by atoms with Gasteiger partial charge in [0.25, 0.3) is 0 Å². The quantitative estimate of drug-likeness (QED) is 0.295. The lowest BCUT2D eigenvalue weighted by molar-refractivity contribution is -0.178. The number of hydrogen-bond acceptors (Lipinski definition) is 4. The second-order valence-corrected chi connectivity index (χ2v) is 13.6. The van der Waals surface area contributed by atoms with Crippen LogP contribution in [0.25, 0.3) is 0 Å². The number of allylic oxidation sites excluding steroid dienone is 1. The molecule has 0 amide bonds. The summed E-state index contributed by atoms with van der Waals surface area (Å²) < 4.78 is 6.01. The van der Waals surface area contributed by atoms with E-state index in [4.69, 9.17) is 4.74 Å². The second kappa shape index (κ2) is 10.5. The first kappa shape index (κ1) is 27.2. The van der Waals surface area contributed by atoms with Crippen LogP contribution in [-0.4, -0.2) is 34.5 Å². The van der Waals surface area contributed by atoms with E-state index < -0.39 is 18.2 Å². The molecular weight excluding hydrogens is 436 g/mol. The summed E-state index contributed by atoms with van der Waals surface area (Å²) in [5, 5.41) is 20.7. The van der Waals surface area contributed by atoms with E-state index in [2.05, 4.69) is 40.7 Å². The van der Waals surface area contributed by atoms with Crippen molar-refractivity contribution in [1.82, 2.24) is 0 Å². The van der Waals surface area contributed by atoms with Crippen LogP contribution >= 0.6 is 0 Å². The van der Waals surface area contributed by atoms with Crippen LogP contribution in [0.2, 0.25) is 0 Å². The fourth-order valence-corrected chi connectivity index (χ4v) is 9.26. The minimum absolute atomic E-state index is 0.229. The van der Waals surface area contributed by atoms with E-state index in [1.165, 1.54) is 50.5 Å². The number of aliphatic hydroxyl groups is 2. The summed E-state index contributed by atoms with van der Waals surface area (Å²) in [5.41, 5.74) is 1.48. The van der Waals surface area contributed by atoms with Crippen molar-refractivity contribution in [3.05, 3.63) is 11.6 Å². The zero-order valence-corrected chi connectivity index (χ0v) is 23.3. The largest absolute Gasteiger partial charge is 0.459 e. The van der Waals surface area contributed by atoms with E-state index in [1.807, 2.05) is 0 Å². The van der Waals surface area contributed by atoms with Crippen molar-refractivity contribution in [3.8, 4) is 0 Å². The monoisotopic (exact) mass is 488 g/mol. The molecule has 0 heterocycles. The average molecular weight is 489 g/mol. The minimum Gasteiger partial charge on any atom is -0.459 e. The Morgan fingerprint density at radius 2 is 1.89 bits per heavy atom. The maximum Gasteiger partial charge on any atom is 0.335 e. The van der Waals surface area contributed by atoms with Gasteiger partial charge < -0.3 is 14.9 Å². The third-order valence-corrected chi connectivity index (χ3v) is 11.3. The molecule has 0 aromatic carbocycles. The molecule has 2 unspecified atom stereocenters. The lowest BCUT2D eigenvalue weighted by atomic mass is 9.46. The first-order valence-electron chi connectivity index (χ1n) is 14.8. The molecule has 2 N–H and O–H groups in total. The van der Waals surface area contributed by atoms with Crippen LogP contribution in [0, 0.1) is 46.3 Å². The van der Waals surface area contributed by atoms with E-state index in [0.29, 0.717) is 36.5 Å². The summed E-state index contributed by atoms with van der Waals surface area (Å²) in [7, 11) is 0. The van der Waals surface area contributed by atoms with Gasteiger partial charge >= 0.3 is 5.97 Å². The van der Waals surface area contributed by atoms with Crippen molar-refractivity contribution in [2.45, 2.75) is 130 Å². The molecule has 35 heavy (non-hydrogen) atoms. The molecule has 4 heteroatoms. The summed E-state index contributed by atoms with van der Waals surface area (Å²) in [6.07, 6.45) is 12.3. The van der Waals surface area contributed by atoms with Crippen LogP contribution in [0.5, 0.6) is 0 Å². The smallest absolute Gasteiger partial charge is 0.335 e. The molecule has 0 radical (unpaired) electrons. The molecule has 4 nitrogen and oxygen atoms in total. The van der Waals surface area contributed by atoms with Gasteiger partial charge in [-0.15, -0.1) is 0 Å². The molecule has 0 bridgehead atoms. The van der Waals surface area contributed by atoms with Crippen molar-refractivity contribution >= 4 is 5.97 Å². The summed E-state index contributed by atoms with van der Waals surface area (Å²) in [6, 6.07) is 0. The third-order valence-electron chi connectivity index (χ3n) is 11.3. The van der Waals surface area contributed by atoms with Gasteiger partial charge in [-0.2, -0.15) is 0 Å². The highest BCUT2D eigenvalue weighted by Crippen LogP contribution is 2.67. The van der Waals surface area contributed by atoms with E-state index in [1.54, 1.807) is 6.92 Å². The number of carbonyl (C=O) groups is 1. The minimum atomic E-state index is -1.08. The highest BCUT2D eigenvalue weighted by molar-refractivity contribution is 5.74. The molecule has 4 aliphatic rings. The summed E-state index contributed by atoms with van der Waals surface area (Å²) in [4.78, 5) is 12.6. The van der Waals surface area contributed by atoms with Crippen LogP contribution in [0.3, 0.4) is 0 Å². The van der Waals surface area contributed by atoms with Crippen LogP contribution in [0.15, 0.2) is 11.6 Å². The zero-order chi connectivity index (χ0) is 25.5. The third kappa shape index (κ3) is 4.88. The van der Waals surface area contributed by atoms with Gasteiger partial charge in [-0.25, -0.2) is 4.79 Å². The predicted octanol–water partition coefficient (Wildman–Crippen LogP) is 6.68. The number of rotatable bonds is 8. The van der Waals surface area contributed by atoms with Gasteiger partial charge in [-0.3, -0.25) is 0 Å². The Kier molecular flexibility index (Phi) is 8.14. The molecule has 10 atom stereocenters. The molecule has 0 aromatic heterocycles. The molecule has 3 saturated carbocycles. The van der Waals surface area contributed by atoms with E-state index in [0.717, 1.165) is 30.1 Å². The highest BCUT2D eigenvalue weighted by Gasteiger charge is 2.61. The first-order chi connectivity index (χ1) is 16.5. The van der Waals surface area contributed by atoms with Crippen LogP contribution in [0.1, 0.15) is 112 Å². The van der Waals surface area contributed by atoms with E-state index in [9.17, 15) is 15.0 Å². The summed E-state index contributed by atoms with van der Waals surface area (Å²) in [6.45, 7) is 13.9. The predicted molar refractivity (Wildman–Crippen MR) is 141 cm³/mol. The van der Waals surface area contributed by atoms with Crippen molar-refractivity contribution in [2.75, 3.05) is 0 Å². The zero-order valence-electron chi connectivity index (χ0n) is 23.3. The van der Waals surface area contributed by atoms with Crippen LogP contribution in [-0.2, 0) is 9.53 Å². The molecule has 200 valence electrons. The van der Waals surface area contributed by atoms with Crippen LogP contribution in [0.4, 0.5) is 0 Å². The van der Waals surface area contributed by atoms with E-state index >= 15 is 0 Å². The van der Waals surface area contributed by atoms with Crippen LogP contribution < -0.4 is 0 Å². The number of hydrogen-bond donors (Lipinski definition) is 2. The Morgan fingerprint density at radius 1 is 1.14 bits per heavy atom. The Balaban J connectivity index is 1.55. The molecule has 4 aliphatic carbocycles. The van der Waals surface area contributed by atoms with Gasteiger partial charge in [0.05, 0.1) is 6.10 Å². The van der Waals surface area contributed by atoms with Gasteiger partial charge in [-0.05, 0) is 85.9 Å². The lowest BCUT2D eigenvalue weighted by Gasteiger charge is -2.60. The van der Waals surface area contributed by atoms with Gasteiger partial charge in [-0.1, -0.05) is 72.5 Å². The SMILES string of the molecule is CCC(O)C(=O)OC1C[C@H](O)CC2=CC[C@H]3[C@@H]4CC[C@H]([C@H](C)CCCC(C)C)[C@@]4(C)CC[C@@H]3[C@]21C. The highest BCUT2D eigenvalue weighted by atomic mass is 16.6. The number of aliphatic hydroxyl groups excluding tert-OH is 2. The van der Waals surface area contributed by atoms with E-state index in [-0.39, 0.29) is 11.5 Å². The average Bonchev–Trinajstić information content (AvgIpc) is 3.16. The Labute approximate surface area is 214 Å². The molecule has 3 fully saturated rings. The van der Waals surface area contributed by atoms with Crippen molar-refractivity contribution in [1.29, 1.82) is 0 Å². The van der Waals surface area contributed by atoms with Gasteiger partial charge in [0.15, 0.2) is 6.10 Å². The van der Waals surface area contributed by atoms with Crippen molar-refractivity contribution in [3.63, 3.8) is 0 Å². The molecular formula is C31H52O4. The molecule has 0 saturated heterocycles. The maximum absolute atomic E-state index is 12.6. The Hall–Kier alpha value is -0.870. The standard InChI is InChI=1S/C31H52O4/c1-7-27(33)29(34)35-28-18-22(32)17-21-11-12-23-25-14-13-24(20(4)10-8-9-19(2)3)30(25,5)16-15-26(23)31(21,28)6/h11,19-20,22-28,32-33H,7-10,12-18H2,1-6H3/t20-,22-,23+,24-,25+,26+,27?,28?,30-,31+/m1/s1. The fraction of sp³-hybridized carbons (Fsp3) is 0.903. The van der Waals surface area contributed by atoms with Crippen molar-refractivity contribution < 1.29 is 19.7 Å². The van der Waals surface area contributed by atoms with Gasteiger partial charge in [0, 0.05) is 11.8 Å². The lowest BCUT2D eigenvalue weighted by Crippen LogP contribution is -2.57. The topological polar surface area (TPSA) is 66.8 Å². The van der Waals surface area contributed by atoms with Gasteiger partial charge in [0.2, 0.25) is 0 Å². The first-order valence-corrected chi connectivity index (χ1v) is 14.8. The Bertz CT molecular complexity index is 789. The number of ether oxygens (including phenoxy) is 1. The van der Waals surface area contributed by atoms with Crippen molar-refractivity contribution in [2.24, 2.45) is 46.3 Å². The number of carbonyl (C=O) groups excluding carboxylic acids is 1. The maximum atomic E-state index is 12.6. The molecule has 4 rings (SSSR count).